The average Bonchev–Trinajstić information content (AvgIpc) is 3.16. The van der Waals surface area contributed by atoms with E-state index in [1.165, 1.54) is 16.8 Å². The van der Waals surface area contributed by atoms with Crippen LogP contribution in [0.5, 0.6) is 5.75 Å². The van der Waals surface area contributed by atoms with Crippen molar-refractivity contribution >= 4 is 0 Å². The van der Waals surface area contributed by atoms with Gasteiger partial charge in [0.1, 0.15) is 5.75 Å². The summed E-state index contributed by atoms with van der Waals surface area (Å²) in [6.07, 6.45) is 3.25. The molecule has 1 aromatic heterocycles. The fourth-order valence-electron chi connectivity index (χ4n) is 3.43. The van der Waals surface area contributed by atoms with Crippen LogP contribution in [0.4, 0.5) is 0 Å². The smallest absolute Gasteiger partial charge is 0.118 e. The minimum absolute atomic E-state index is 0.685. The highest BCUT2D eigenvalue weighted by Crippen LogP contribution is 2.35. The average molecular weight is 326 g/mol. The van der Waals surface area contributed by atoms with Crippen molar-refractivity contribution in [3.05, 3.63) is 71.4 Å². The molecule has 0 fully saturated rings. The summed E-state index contributed by atoms with van der Waals surface area (Å²) in [4.78, 5) is 4.91. The summed E-state index contributed by atoms with van der Waals surface area (Å²) in [6, 6.07) is 20.2. The maximum atomic E-state index is 9.02. The molecule has 0 N–H and O–H groups in total. The number of hydrogen-bond acceptors (Lipinski definition) is 3. The second-order valence-electron chi connectivity index (χ2n) is 6.25. The van der Waals surface area contributed by atoms with Crippen LogP contribution in [0.2, 0.25) is 0 Å². The van der Waals surface area contributed by atoms with E-state index in [4.69, 9.17) is 15.0 Å². The molecule has 0 spiro atoms. The van der Waals surface area contributed by atoms with Crippen molar-refractivity contribution < 1.29 is 4.74 Å². The molecule has 0 aliphatic heterocycles. The standard InChI is InChI=1S/C22H18N2O/c1-25-18-11-9-17(10-12-18)22-13-20(19-3-2-4-21(19)24-22)16-7-5-15(14-23)6-8-16/h5-13H,2-4H2,1H3. The molecule has 122 valence electrons. The molecule has 0 radical (unpaired) electrons. The predicted octanol–water partition coefficient (Wildman–Crippen LogP) is 4.78. The van der Waals surface area contributed by atoms with Gasteiger partial charge in [-0.25, -0.2) is 0 Å². The highest BCUT2D eigenvalue weighted by Gasteiger charge is 2.19. The molecule has 1 aliphatic carbocycles. The Morgan fingerprint density at radius 3 is 2.36 bits per heavy atom. The zero-order valence-electron chi connectivity index (χ0n) is 14.1. The van der Waals surface area contributed by atoms with Crippen molar-refractivity contribution in [3.63, 3.8) is 0 Å². The zero-order chi connectivity index (χ0) is 17.2. The van der Waals surface area contributed by atoms with Crippen LogP contribution in [0.3, 0.4) is 0 Å². The van der Waals surface area contributed by atoms with Crippen molar-refractivity contribution in [1.82, 2.24) is 4.98 Å². The topological polar surface area (TPSA) is 45.9 Å². The van der Waals surface area contributed by atoms with Gasteiger partial charge in [-0.2, -0.15) is 5.26 Å². The lowest BCUT2D eigenvalue weighted by atomic mass is 9.96. The van der Waals surface area contributed by atoms with Crippen molar-refractivity contribution in [1.29, 1.82) is 5.26 Å². The third-order valence-electron chi connectivity index (χ3n) is 4.76. The zero-order valence-corrected chi connectivity index (χ0v) is 14.1. The molecule has 0 bridgehead atoms. The van der Waals surface area contributed by atoms with Gasteiger partial charge in [0, 0.05) is 11.3 Å². The Kier molecular flexibility index (Phi) is 3.95. The maximum absolute atomic E-state index is 9.02. The first-order valence-electron chi connectivity index (χ1n) is 8.46. The fourth-order valence-corrected chi connectivity index (χ4v) is 3.43. The molecule has 0 atom stereocenters. The first-order valence-corrected chi connectivity index (χ1v) is 8.46. The molecule has 25 heavy (non-hydrogen) atoms. The lowest BCUT2D eigenvalue weighted by molar-refractivity contribution is 0.415. The molecule has 0 unspecified atom stereocenters. The Hall–Kier alpha value is -3.12. The molecular weight excluding hydrogens is 308 g/mol. The number of nitriles is 1. The quantitative estimate of drug-likeness (QED) is 0.695. The molecule has 2 aromatic carbocycles. The van der Waals surface area contributed by atoms with E-state index in [1.807, 2.05) is 48.5 Å². The minimum Gasteiger partial charge on any atom is -0.497 e. The first-order chi connectivity index (χ1) is 12.3. The van der Waals surface area contributed by atoms with Gasteiger partial charge in [0.15, 0.2) is 0 Å². The lowest BCUT2D eigenvalue weighted by Crippen LogP contribution is -1.96. The number of nitrogens with zero attached hydrogens (tertiary/aromatic N) is 2. The molecular formula is C22H18N2O. The van der Waals surface area contributed by atoms with Crippen molar-refractivity contribution in [3.8, 4) is 34.2 Å². The van der Waals surface area contributed by atoms with Gasteiger partial charge in [-0.1, -0.05) is 12.1 Å². The third-order valence-corrected chi connectivity index (χ3v) is 4.76. The molecule has 1 aliphatic rings. The number of methoxy groups -OCH3 is 1. The van der Waals surface area contributed by atoms with E-state index in [9.17, 15) is 0 Å². The summed E-state index contributed by atoms with van der Waals surface area (Å²) < 4.78 is 5.25. The van der Waals surface area contributed by atoms with Gasteiger partial charge in [0.25, 0.3) is 0 Å². The van der Waals surface area contributed by atoms with Gasteiger partial charge >= 0.3 is 0 Å². The Balaban J connectivity index is 1.83. The number of hydrogen-bond donors (Lipinski definition) is 0. The molecule has 4 rings (SSSR count). The van der Waals surface area contributed by atoms with Gasteiger partial charge in [-0.15, -0.1) is 0 Å². The van der Waals surface area contributed by atoms with E-state index < -0.39 is 0 Å². The predicted molar refractivity (Wildman–Crippen MR) is 98.4 cm³/mol. The number of aromatic nitrogens is 1. The largest absolute Gasteiger partial charge is 0.497 e. The normalized spacial score (nSPS) is 12.5. The summed E-state index contributed by atoms with van der Waals surface area (Å²) in [5.74, 6) is 0.845. The van der Waals surface area contributed by atoms with Crippen LogP contribution in [-0.2, 0) is 12.8 Å². The number of aryl methyl sites for hydroxylation is 1. The Bertz CT molecular complexity index is 951. The van der Waals surface area contributed by atoms with Crippen LogP contribution in [0, 0.1) is 11.3 Å². The lowest BCUT2D eigenvalue weighted by Gasteiger charge is -2.12. The monoisotopic (exact) mass is 326 g/mol. The van der Waals surface area contributed by atoms with Crippen LogP contribution in [-0.4, -0.2) is 12.1 Å². The molecule has 0 saturated carbocycles. The van der Waals surface area contributed by atoms with Crippen LogP contribution in [0.15, 0.2) is 54.6 Å². The number of ether oxygens (including phenoxy) is 1. The maximum Gasteiger partial charge on any atom is 0.118 e. The minimum atomic E-state index is 0.685. The molecule has 1 heterocycles. The highest BCUT2D eigenvalue weighted by molar-refractivity contribution is 5.75. The number of pyridine rings is 1. The fraction of sp³-hybridized carbons (Fsp3) is 0.182. The van der Waals surface area contributed by atoms with Gasteiger partial charge in [-0.3, -0.25) is 4.98 Å². The van der Waals surface area contributed by atoms with Crippen LogP contribution in [0.25, 0.3) is 22.4 Å². The van der Waals surface area contributed by atoms with E-state index in [0.717, 1.165) is 41.8 Å². The van der Waals surface area contributed by atoms with Crippen LogP contribution < -0.4 is 4.74 Å². The van der Waals surface area contributed by atoms with Gasteiger partial charge in [0.2, 0.25) is 0 Å². The van der Waals surface area contributed by atoms with Crippen molar-refractivity contribution in [2.75, 3.05) is 7.11 Å². The van der Waals surface area contributed by atoms with E-state index in [0.29, 0.717) is 5.56 Å². The number of fused-ring (bicyclic) bond motifs is 1. The highest BCUT2D eigenvalue weighted by atomic mass is 16.5. The Labute approximate surface area is 147 Å². The Morgan fingerprint density at radius 1 is 0.960 bits per heavy atom. The molecule has 0 amide bonds. The second-order valence-corrected chi connectivity index (χ2v) is 6.25. The molecule has 3 nitrogen and oxygen atoms in total. The van der Waals surface area contributed by atoms with E-state index in [1.54, 1.807) is 7.11 Å². The third kappa shape index (κ3) is 2.88. The molecule has 0 saturated heterocycles. The summed E-state index contributed by atoms with van der Waals surface area (Å²) in [7, 11) is 1.67. The van der Waals surface area contributed by atoms with Crippen molar-refractivity contribution in [2.45, 2.75) is 19.3 Å². The summed E-state index contributed by atoms with van der Waals surface area (Å²) in [6.45, 7) is 0. The van der Waals surface area contributed by atoms with Crippen molar-refractivity contribution in [2.24, 2.45) is 0 Å². The van der Waals surface area contributed by atoms with Gasteiger partial charge < -0.3 is 4.74 Å². The van der Waals surface area contributed by atoms with Gasteiger partial charge in [-0.05, 0) is 78.4 Å². The van der Waals surface area contributed by atoms with Gasteiger partial charge in [0.05, 0.1) is 24.4 Å². The summed E-state index contributed by atoms with van der Waals surface area (Å²) in [5, 5.41) is 9.02. The SMILES string of the molecule is COc1ccc(-c2cc(-c3ccc(C#N)cc3)c3c(n2)CCC3)cc1. The summed E-state index contributed by atoms with van der Waals surface area (Å²) in [5.41, 5.74) is 7.69. The van der Waals surface area contributed by atoms with Crippen LogP contribution in [0.1, 0.15) is 23.2 Å². The molecule has 3 heteroatoms. The van der Waals surface area contributed by atoms with Crippen LogP contribution >= 0.6 is 0 Å². The number of benzene rings is 2. The first kappa shape index (κ1) is 15.4. The number of rotatable bonds is 3. The molecule has 3 aromatic rings. The van der Waals surface area contributed by atoms with E-state index in [-0.39, 0.29) is 0 Å². The van der Waals surface area contributed by atoms with E-state index in [2.05, 4.69) is 12.1 Å². The summed E-state index contributed by atoms with van der Waals surface area (Å²) >= 11 is 0. The second kappa shape index (κ2) is 6.41. The Morgan fingerprint density at radius 2 is 1.68 bits per heavy atom. The van der Waals surface area contributed by atoms with E-state index >= 15 is 0 Å².